The largest absolute Gasteiger partial charge is 0.494 e. The van der Waals surface area contributed by atoms with Gasteiger partial charge in [0.05, 0.1) is 12.5 Å². The van der Waals surface area contributed by atoms with Crippen molar-refractivity contribution in [2.75, 3.05) is 7.11 Å². The van der Waals surface area contributed by atoms with Crippen LogP contribution in [-0.2, 0) is 19.6 Å². The van der Waals surface area contributed by atoms with Gasteiger partial charge < -0.3 is 19.0 Å². The molecule has 0 saturated heterocycles. The Hall–Kier alpha value is -3.78. The van der Waals surface area contributed by atoms with Crippen molar-refractivity contribution in [3.05, 3.63) is 92.6 Å². The van der Waals surface area contributed by atoms with Crippen molar-refractivity contribution >= 4 is 23.5 Å². The van der Waals surface area contributed by atoms with E-state index in [1.54, 1.807) is 13.4 Å². The van der Waals surface area contributed by atoms with Crippen molar-refractivity contribution < 1.29 is 19.0 Å². The van der Waals surface area contributed by atoms with Gasteiger partial charge in [-0.3, -0.25) is 9.36 Å². The standard InChI is InChI=1S/C25H24N2O5S/c1-30-22-14-19(8-5-13-27-24(28)17-33-25(27)29)9-11-21(22)31-15-20-16-32-23(26-20)12-10-18-6-3-2-4-7-18/h2-4,6-7,9-12,14,16-17,28H,5,8,13,15H2,1H3. The van der Waals surface area contributed by atoms with Gasteiger partial charge in [-0.2, -0.15) is 0 Å². The van der Waals surface area contributed by atoms with E-state index in [0.717, 1.165) is 28.9 Å². The zero-order chi connectivity index (χ0) is 23.0. The molecule has 0 radical (unpaired) electrons. The predicted molar refractivity (Wildman–Crippen MR) is 128 cm³/mol. The van der Waals surface area contributed by atoms with Crippen molar-refractivity contribution in [1.29, 1.82) is 0 Å². The van der Waals surface area contributed by atoms with Crippen LogP contribution < -0.4 is 14.3 Å². The number of hydrogen-bond donors (Lipinski definition) is 1. The van der Waals surface area contributed by atoms with E-state index in [4.69, 9.17) is 13.9 Å². The van der Waals surface area contributed by atoms with Crippen molar-refractivity contribution in [1.82, 2.24) is 9.55 Å². The zero-order valence-corrected chi connectivity index (χ0v) is 19.0. The molecule has 4 aromatic rings. The predicted octanol–water partition coefficient (Wildman–Crippen LogP) is 4.99. The fraction of sp³-hybridized carbons (Fsp3) is 0.200. The third-order valence-corrected chi connectivity index (χ3v) is 5.75. The molecule has 0 atom stereocenters. The van der Waals surface area contributed by atoms with Crippen LogP contribution in [0.1, 0.15) is 29.1 Å². The first-order chi connectivity index (χ1) is 16.1. The van der Waals surface area contributed by atoms with Crippen LogP contribution in [-0.4, -0.2) is 21.8 Å². The van der Waals surface area contributed by atoms with Gasteiger partial charge in [-0.05, 0) is 42.2 Å². The van der Waals surface area contributed by atoms with E-state index in [9.17, 15) is 9.90 Å². The van der Waals surface area contributed by atoms with Crippen LogP contribution in [0.25, 0.3) is 12.2 Å². The normalized spacial score (nSPS) is 11.2. The van der Waals surface area contributed by atoms with Gasteiger partial charge >= 0.3 is 4.87 Å². The Morgan fingerprint density at radius 2 is 2.00 bits per heavy atom. The summed E-state index contributed by atoms with van der Waals surface area (Å²) in [6.07, 6.45) is 6.78. The summed E-state index contributed by atoms with van der Waals surface area (Å²) in [6.45, 7) is 0.709. The van der Waals surface area contributed by atoms with Gasteiger partial charge in [0, 0.05) is 12.6 Å². The van der Waals surface area contributed by atoms with Gasteiger partial charge in [0.25, 0.3) is 0 Å². The molecule has 2 heterocycles. The molecule has 0 fully saturated rings. The first-order valence-electron chi connectivity index (χ1n) is 10.5. The molecule has 1 N–H and O–H groups in total. The van der Waals surface area contributed by atoms with E-state index in [1.165, 1.54) is 9.95 Å². The summed E-state index contributed by atoms with van der Waals surface area (Å²) in [5, 5.41) is 11.2. The quantitative estimate of drug-likeness (QED) is 0.356. The smallest absolute Gasteiger partial charge is 0.309 e. The van der Waals surface area contributed by atoms with Gasteiger partial charge in [-0.15, -0.1) is 0 Å². The molecule has 4 rings (SSSR count). The van der Waals surface area contributed by atoms with Crippen LogP contribution in [0.2, 0.25) is 0 Å². The average Bonchev–Trinajstić information content (AvgIpc) is 3.43. The SMILES string of the molecule is COc1cc(CCCn2c(O)csc2=O)ccc1OCc1coc(C=Cc2ccccc2)n1. The lowest BCUT2D eigenvalue weighted by Crippen LogP contribution is -2.12. The first-order valence-corrected chi connectivity index (χ1v) is 11.3. The topological polar surface area (TPSA) is 86.7 Å². The lowest BCUT2D eigenvalue weighted by Gasteiger charge is -2.11. The van der Waals surface area contributed by atoms with Crippen molar-refractivity contribution in [2.45, 2.75) is 26.0 Å². The molecule has 0 aliphatic carbocycles. The summed E-state index contributed by atoms with van der Waals surface area (Å²) in [5.74, 6) is 1.75. The molecule has 0 unspecified atom stereocenters. The molecule has 2 aromatic carbocycles. The summed E-state index contributed by atoms with van der Waals surface area (Å²) >= 11 is 0.997. The highest BCUT2D eigenvalue weighted by molar-refractivity contribution is 7.07. The molecular formula is C25H24N2O5S. The van der Waals surface area contributed by atoms with Crippen LogP contribution in [0.15, 0.2) is 69.4 Å². The number of aromatic hydroxyl groups is 1. The maximum Gasteiger partial charge on any atom is 0.309 e. The number of oxazole rings is 1. The maximum absolute atomic E-state index is 11.7. The van der Waals surface area contributed by atoms with Crippen LogP contribution in [0.5, 0.6) is 17.4 Å². The van der Waals surface area contributed by atoms with Crippen molar-refractivity contribution in [2.24, 2.45) is 0 Å². The van der Waals surface area contributed by atoms with E-state index in [-0.39, 0.29) is 17.4 Å². The van der Waals surface area contributed by atoms with Crippen LogP contribution >= 0.6 is 11.3 Å². The number of thiazole rings is 1. The zero-order valence-electron chi connectivity index (χ0n) is 18.1. The number of aromatic nitrogens is 2. The second kappa shape index (κ2) is 10.7. The molecule has 0 saturated carbocycles. The third-order valence-electron chi connectivity index (χ3n) is 5.00. The minimum Gasteiger partial charge on any atom is -0.494 e. The Morgan fingerprint density at radius 1 is 1.15 bits per heavy atom. The molecule has 2 aromatic heterocycles. The van der Waals surface area contributed by atoms with Gasteiger partial charge in [0.2, 0.25) is 11.8 Å². The van der Waals surface area contributed by atoms with Crippen molar-refractivity contribution in [3.63, 3.8) is 0 Å². The van der Waals surface area contributed by atoms with Gasteiger partial charge in [0.1, 0.15) is 18.6 Å². The highest BCUT2D eigenvalue weighted by Gasteiger charge is 2.09. The maximum atomic E-state index is 11.7. The van der Waals surface area contributed by atoms with E-state index >= 15 is 0 Å². The van der Waals surface area contributed by atoms with Crippen LogP contribution in [0.4, 0.5) is 0 Å². The van der Waals surface area contributed by atoms with E-state index in [2.05, 4.69) is 4.98 Å². The number of rotatable bonds is 10. The van der Waals surface area contributed by atoms with E-state index < -0.39 is 0 Å². The number of nitrogens with zero attached hydrogens (tertiary/aromatic N) is 2. The lowest BCUT2D eigenvalue weighted by atomic mass is 10.1. The van der Waals surface area contributed by atoms with Crippen molar-refractivity contribution in [3.8, 4) is 17.4 Å². The van der Waals surface area contributed by atoms with E-state index in [1.807, 2.05) is 60.7 Å². The Balaban J connectivity index is 1.32. The number of methoxy groups -OCH3 is 1. The fourth-order valence-corrected chi connectivity index (χ4v) is 3.95. The lowest BCUT2D eigenvalue weighted by molar-refractivity contribution is 0.280. The molecule has 33 heavy (non-hydrogen) atoms. The second-order valence-electron chi connectivity index (χ2n) is 7.31. The number of hydrogen-bond acceptors (Lipinski definition) is 7. The molecule has 0 aliphatic rings. The van der Waals surface area contributed by atoms with Crippen LogP contribution in [0.3, 0.4) is 0 Å². The Labute approximate surface area is 195 Å². The summed E-state index contributed by atoms with van der Waals surface area (Å²) in [5.41, 5.74) is 2.80. The molecule has 0 aliphatic heterocycles. The molecule has 8 heteroatoms. The minimum atomic E-state index is -0.152. The van der Waals surface area contributed by atoms with Gasteiger partial charge in [0.15, 0.2) is 11.5 Å². The summed E-state index contributed by atoms with van der Waals surface area (Å²) < 4.78 is 18.2. The number of benzene rings is 2. The number of aryl methyl sites for hydroxylation is 1. The van der Waals surface area contributed by atoms with Crippen LogP contribution in [0, 0.1) is 0 Å². The minimum absolute atomic E-state index is 0.0119. The molecule has 0 bridgehead atoms. The summed E-state index contributed by atoms with van der Waals surface area (Å²) in [7, 11) is 1.59. The fourth-order valence-electron chi connectivity index (χ4n) is 3.31. The summed E-state index contributed by atoms with van der Waals surface area (Å²) in [6, 6.07) is 15.7. The van der Waals surface area contributed by atoms with E-state index in [0.29, 0.717) is 36.0 Å². The Morgan fingerprint density at radius 3 is 2.76 bits per heavy atom. The highest BCUT2D eigenvalue weighted by Crippen LogP contribution is 2.29. The second-order valence-corrected chi connectivity index (χ2v) is 8.13. The number of ether oxygens (including phenoxy) is 2. The highest BCUT2D eigenvalue weighted by atomic mass is 32.1. The molecule has 0 spiro atoms. The van der Waals surface area contributed by atoms with Gasteiger partial charge in [-0.25, -0.2) is 4.98 Å². The average molecular weight is 465 g/mol. The Bertz CT molecular complexity index is 1270. The molecule has 170 valence electrons. The molecule has 0 amide bonds. The summed E-state index contributed by atoms with van der Waals surface area (Å²) in [4.78, 5) is 16.0. The molecule has 7 nitrogen and oxygen atoms in total. The monoisotopic (exact) mass is 464 g/mol. The first kappa shape index (κ1) is 22.4. The Kier molecular flexibility index (Phi) is 7.26. The third kappa shape index (κ3) is 5.93. The van der Waals surface area contributed by atoms with Gasteiger partial charge in [-0.1, -0.05) is 47.7 Å². The molecular weight excluding hydrogens is 440 g/mol.